The second kappa shape index (κ2) is 2.90. The first kappa shape index (κ1) is 7.74. The van der Waals surface area contributed by atoms with Gasteiger partial charge in [-0.1, -0.05) is 5.92 Å². The van der Waals surface area contributed by atoms with Crippen LogP contribution in [-0.4, -0.2) is 22.1 Å². The Bertz CT molecular complexity index is 102. The lowest BCUT2D eigenvalue weighted by atomic mass is 10.2. The van der Waals surface area contributed by atoms with Crippen LogP contribution in [0.3, 0.4) is 0 Å². The third-order valence-corrected chi connectivity index (χ3v) is 0.925. The third kappa shape index (κ3) is 2.84. The van der Waals surface area contributed by atoms with Gasteiger partial charge in [0.2, 0.25) is 0 Å². The molecular formula is C6H9OSi. The Morgan fingerprint density at radius 1 is 1.75 bits per heavy atom. The van der Waals surface area contributed by atoms with Crippen molar-refractivity contribution in [3.63, 3.8) is 0 Å². The minimum Gasteiger partial charge on any atom is -0.367 e. The largest absolute Gasteiger partial charge is 0.367 e. The lowest BCUT2D eigenvalue weighted by Gasteiger charge is -2.16. The summed E-state index contributed by atoms with van der Waals surface area (Å²) in [7, 11) is 3.15. The number of hydrogen-bond donors (Lipinski definition) is 0. The van der Waals surface area contributed by atoms with Crippen LogP contribution in [0, 0.1) is 12.3 Å². The molecule has 0 saturated carbocycles. The molecule has 8 heavy (non-hydrogen) atoms. The Morgan fingerprint density at radius 3 is 2.38 bits per heavy atom. The highest BCUT2D eigenvalue weighted by Crippen LogP contribution is 2.04. The summed E-state index contributed by atoms with van der Waals surface area (Å²) in [5.74, 6) is 2.49. The first-order valence-electron chi connectivity index (χ1n) is 2.39. The minimum absolute atomic E-state index is 0.429. The molecule has 0 N–H and O–H groups in total. The van der Waals surface area contributed by atoms with Crippen LogP contribution in [0.2, 0.25) is 0 Å². The van der Waals surface area contributed by atoms with Crippen molar-refractivity contribution in [2.24, 2.45) is 0 Å². The summed E-state index contributed by atoms with van der Waals surface area (Å²) >= 11 is 0. The minimum atomic E-state index is -0.429. The van der Waals surface area contributed by atoms with Gasteiger partial charge in [0.05, 0.1) is 10.2 Å². The Kier molecular flexibility index (Phi) is 2.81. The van der Waals surface area contributed by atoms with E-state index in [4.69, 9.17) is 11.2 Å². The van der Waals surface area contributed by atoms with Gasteiger partial charge in [-0.3, -0.25) is 0 Å². The molecule has 0 spiro atoms. The molecule has 0 aliphatic heterocycles. The van der Waals surface area contributed by atoms with Gasteiger partial charge in [-0.05, 0) is 13.8 Å². The molecule has 0 aromatic carbocycles. The van der Waals surface area contributed by atoms with E-state index < -0.39 is 5.60 Å². The van der Waals surface area contributed by atoms with Crippen LogP contribution in [0.25, 0.3) is 0 Å². The monoisotopic (exact) mass is 125 g/mol. The van der Waals surface area contributed by atoms with Gasteiger partial charge in [0, 0.05) is 6.23 Å². The Balaban J connectivity index is 3.59. The Morgan fingerprint density at radius 2 is 2.25 bits per heavy atom. The number of rotatable bonds is 2. The molecule has 0 atom stereocenters. The second-order valence-electron chi connectivity index (χ2n) is 1.94. The SMILES string of the molecule is C#CC(C)(C)OC[Si]. The van der Waals surface area contributed by atoms with Gasteiger partial charge in [-0.15, -0.1) is 6.42 Å². The summed E-state index contributed by atoms with van der Waals surface area (Å²) in [4.78, 5) is 0. The second-order valence-corrected chi connectivity index (χ2v) is 2.23. The predicted octanol–water partition coefficient (Wildman–Crippen LogP) is 0.541. The Labute approximate surface area is 53.8 Å². The van der Waals surface area contributed by atoms with E-state index >= 15 is 0 Å². The molecule has 0 rings (SSSR count). The fraction of sp³-hybridized carbons (Fsp3) is 0.667. The van der Waals surface area contributed by atoms with E-state index in [9.17, 15) is 0 Å². The molecule has 2 heteroatoms. The smallest absolute Gasteiger partial charge is 0.122 e. The number of terminal acetylenes is 1. The standard InChI is InChI=1S/C6H9OSi/c1-4-6(2,3)7-5-8/h1H,5H2,2-3H3. The maximum absolute atomic E-state index is 5.10. The van der Waals surface area contributed by atoms with Crippen molar-refractivity contribution in [2.75, 3.05) is 6.23 Å². The molecule has 0 aliphatic carbocycles. The molecule has 3 radical (unpaired) electrons. The van der Waals surface area contributed by atoms with E-state index in [2.05, 4.69) is 16.2 Å². The highest BCUT2D eigenvalue weighted by atomic mass is 28.1. The molecule has 0 aromatic heterocycles. The summed E-state index contributed by atoms with van der Waals surface area (Å²) in [6.07, 6.45) is 5.58. The highest BCUT2D eigenvalue weighted by molar-refractivity contribution is 6.08. The topological polar surface area (TPSA) is 9.23 Å². The summed E-state index contributed by atoms with van der Waals surface area (Å²) in [6.45, 7) is 3.68. The lowest BCUT2D eigenvalue weighted by molar-refractivity contribution is 0.0592. The van der Waals surface area contributed by atoms with Crippen molar-refractivity contribution in [3.8, 4) is 12.3 Å². The average Bonchev–Trinajstić information content (AvgIpc) is 1.67. The van der Waals surface area contributed by atoms with Crippen molar-refractivity contribution < 1.29 is 4.74 Å². The van der Waals surface area contributed by atoms with Crippen molar-refractivity contribution >= 4 is 10.2 Å². The lowest BCUT2D eigenvalue weighted by Crippen LogP contribution is -2.22. The first-order chi connectivity index (χ1) is 3.62. The van der Waals surface area contributed by atoms with E-state index in [1.165, 1.54) is 0 Å². The van der Waals surface area contributed by atoms with Crippen molar-refractivity contribution in [1.29, 1.82) is 0 Å². The normalized spacial score (nSPS) is 10.8. The number of hydrogen-bond acceptors (Lipinski definition) is 1. The fourth-order valence-corrected chi connectivity index (χ4v) is 0.583. The van der Waals surface area contributed by atoms with E-state index in [1.807, 2.05) is 13.8 Å². The Hall–Kier alpha value is -0.263. The van der Waals surface area contributed by atoms with Crippen LogP contribution < -0.4 is 0 Å². The molecule has 0 aromatic rings. The summed E-state index contributed by atoms with van der Waals surface area (Å²) in [5.41, 5.74) is -0.429. The maximum Gasteiger partial charge on any atom is 0.122 e. The van der Waals surface area contributed by atoms with Gasteiger partial charge in [0.25, 0.3) is 0 Å². The van der Waals surface area contributed by atoms with E-state index in [0.29, 0.717) is 6.23 Å². The van der Waals surface area contributed by atoms with Gasteiger partial charge in [-0.2, -0.15) is 0 Å². The molecule has 1 nitrogen and oxygen atoms in total. The van der Waals surface area contributed by atoms with Gasteiger partial charge in [-0.25, -0.2) is 0 Å². The first-order valence-corrected chi connectivity index (χ1v) is 3.09. The van der Waals surface area contributed by atoms with E-state index in [1.54, 1.807) is 0 Å². The van der Waals surface area contributed by atoms with Gasteiger partial charge in [0.15, 0.2) is 0 Å². The quantitative estimate of drug-likeness (QED) is 0.386. The van der Waals surface area contributed by atoms with Crippen LogP contribution in [-0.2, 0) is 4.74 Å². The van der Waals surface area contributed by atoms with Gasteiger partial charge in [0.1, 0.15) is 5.60 Å². The fourth-order valence-electron chi connectivity index (χ4n) is 0.222. The average molecular weight is 125 g/mol. The molecule has 0 heterocycles. The van der Waals surface area contributed by atoms with Gasteiger partial charge < -0.3 is 4.74 Å². The van der Waals surface area contributed by atoms with Crippen LogP contribution in [0.5, 0.6) is 0 Å². The summed E-state index contributed by atoms with van der Waals surface area (Å²) in [5, 5.41) is 0. The van der Waals surface area contributed by atoms with Crippen LogP contribution in [0.4, 0.5) is 0 Å². The van der Waals surface area contributed by atoms with Crippen LogP contribution in [0.15, 0.2) is 0 Å². The van der Waals surface area contributed by atoms with Crippen LogP contribution in [0.1, 0.15) is 13.8 Å². The summed E-state index contributed by atoms with van der Waals surface area (Å²) in [6, 6.07) is 0. The number of ether oxygens (including phenoxy) is 1. The highest BCUT2D eigenvalue weighted by Gasteiger charge is 2.10. The molecule has 0 fully saturated rings. The molecule has 0 aliphatic rings. The zero-order valence-electron chi connectivity index (χ0n) is 5.19. The molecule has 0 bridgehead atoms. The van der Waals surface area contributed by atoms with E-state index in [-0.39, 0.29) is 0 Å². The molecular weight excluding hydrogens is 116 g/mol. The predicted molar refractivity (Wildman–Crippen MR) is 34.6 cm³/mol. The maximum atomic E-state index is 5.10. The molecule has 0 amide bonds. The van der Waals surface area contributed by atoms with Gasteiger partial charge >= 0.3 is 0 Å². The van der Waals surface area contributed by atoms with E-state index in [0.717, 1.165) is 0 Å². The zero-order chi connectivity index (χ0) is 6.62. The van der Waals surface area contributed by atoms with Crippen molar-refractivity contribution in [3.05, 3.63) is 0 Å². The summed E-state index contributed by atoms with van der Waals surface area (Å²) < 4.78 is 5.06. The van der Waals surface area contributed by atoms with Crippen molar-refractivity contribution in [2.45, 2.75) is 19.4 Å². The zero-order valence-corrected chi connectivity index (χ0v) is 6.19. The molecule has 0 saturated heterocycles. The van der Waals surface area contributed by atoms with Crippen LogP contribution >= 0.6 is 0 Å². The molecule has 43 valence electrons. The van der Waals surface area contributed by atoms with Crippen molar-refractivity contribution in [1.82, 2.24) is 0 Å². The molecule has 0 unspecified atom stereocenters. The third-order valence-electron chi connectivity index (χ3n) is 0.781.